The van der Waals surface area contributed by atoms with Gasteiger partial charge in [-0.15, -0.1) is 0 Å². The molecule has 4 rings (SSSR count). The van der Waals surface area contributed by atoms with E-state index in [9.17, 15) is 14.7 Å². The van der Waals surface area contributed by atoms with Crippen LogP contribution < -0.4 is 5.32 Å². The molecular formula is C16H26N2O3. The summed E-state index contributed by atoms with van der Waals surface area (Å²) in [5.74, 6) is 0.332. The Hall–Kier alpha value is -1.10. The number of carboxylic acids is 1. The molecule has 3 atom stereocenters. The van der Waals surface area contributed by atoms with E-state index in [0.29, 0.717) is 24.2 Å². The molecule has 0 saturated heterocycles. The highest BCUT2D eigenvalue weighted by Gasteiger charge is 2.83. The highest BCUT2D eigenvalue weighted by molar-refractivity contribution is 5.85. The summed E-state index contributed by atoms with van der Waals surface area (Å²) in [4.78, 5) is 26.1. The number of nitrogens with one attached hydrogen (secondary N) is 1. The summed E-state index contributed by atoms with van der Waals surface area (Å²) in [6, 6.07) is -0.132. The van der Waals surface area contributed by atoms with E-state index < -0.39 is 11.4 Å². The molecule has 4 bridgehead atoms. The van der Waals surface area contributed by atoms with E-state index in [2.05, 4.69) is 24.1 Å². The Morgan fingerprint density at radius 3 is 2.33 bits per heavy atom. The Balaban J connectivity index is 1.63. The third-order valence-corrected chi connectivity index (χ3v) is 5.77. The van der Waals surface area contributed by atoms with Gasteiger partial charge < -0.3 is 15.3 Å². The molecule has 0 aliphatic heterocycles. The lowest BCUT2D eigenvalue weighted by molar-refractivity contribution is -0.145. The van der Waals surface area contributed by atoms with E-state index in [1.807, 2.05) is 14.1 Å². The number of amides is 1. The van der Waals surface area contributed by atoms with Crippen molar-refractivity contribution in [3.8, 4) is 0 Å². The molecule has 21 heavy (non-hydrogen) atoms. The maximum atomic E-state index is 12.4. The summed E-state index contributed by atoms with van der Waals surface area (Å²) in [5, 5.41) is 12.7. The van der Waals surface area contributed by atoms with Gasteiger partial charge in [0.15, 0.2) is 0 Å². The highest BCUT2D eigenvalue weighted by Crippen LogP contribution is 2.79. The average Bonchev–Trinajstić information content (AvgIpc) is 2.64. The van der Waals surface area contributed by atoms with Crippen molar-refractivity contribution in [3.63, 3.8) is 0 Å². The first-order chi connectivity index (χ1) is 9.68. The van der Waals surface area contributed by atoms with Crippen LogP contribution in [0.15, 0.2) is 0 Å². The molecule has 3 unspecified atom stereocenters. The number of carboxylic acid groups (broad SMARTS) is 1. The SMILES string of the molecule is CN(C)CC(C)(C)CC(=O)NC1C2CC3C(C2)C31C(=O)O. The predicted molar refractivity (Wildman–Crippen MR) is 78.7 cm³/mol. The number of carbonyl (C=O) groups excluding carboxylic acids is 1. The minimum atomic E-state index is -0.699. The van der Waals surface area contributed by atoms with Crippen LogP contribution in [0.4, 0.5) is 0 Å². The molecule has 1 amide bonds. The lowest BCUT2D eigenvalue weighted by Crippen LogP contribution is -2.46. The van der Waals surface area contributed by atoms with Crippen LogP contribution in [-0.4, -0.2) is 48.6 Å². The summed E-state index contributed by atoms with van der Waals surface area (Å²) in [7, 11) is 4.00. The molecule has 0 radical (unpaired) electrons. The van der Waals surface area contributed by atoms with Gasteiger partial charge >= 0.3 is 5.97 Å². The van der Waals surface area contributed by atoms with Crippen LogP contribution in [0.2, 0.25) is 0 Å². The van der Waals surface area contributed by atoms with Crippen LogP contribution in [0.1, 0.15) is 33.1 Å². The largest absolute Gasteiger partial charge is 0.481 e. The van der Waals surface area contributed by atoms with Gasteiger partial charge in [0.2, 0.25) is 5.91 Å². The quantitative estimate of drug-likeness (QED) is 0.772. The molecule has 4 aliphatic rings. The molecule has 4 aliphatic carbocycles. The van der Waals surface area contributed by atoms with Crippen molar-refractivity contribution in [1.29, 1.82) is 0 Å². The molecule has 0 aromatic heterocycles. The average molecular weight is 294 g/mol. The number of hydrogen-bond donors (Lipinski definition) is 2. The molecule has 0 aromatic carbocycles. The third kappa shape index (κ3) is 2.08. The molecule has 2 N–H and O–H groups in total. The van der Waals surface area contributed by atoms with Gasteiger partial charge in [-0.05, 0) is 50.1 Å². The molecule has 4 saturated carbocycles. The fraction of sp³-hybridized carbons (Fsp3) is 0.875. The number of aliphatic carboxylic acids is 1. The van der Waals surface area contributed by atoms with Crippen LogP contribution in [0.3, 0.4) is 0 Å². The van der Waals surface area contributed by atoms with E-state index in [1.165, 1.54) is 0 Å². The number of carbonyl (C=O) groups is 2. The van der Waals surface area contributed by atoms with E-state index in [1.54, 1.807) is 0 Å². The molecule has 0 heterocycles. The van der Waals surface area contributed by atoms with Crippen molar-refractivity contribution < 1.29 is 14.7 Å². The Morgan fingerprint density at radius 2 is 1.86 bits per heavy atom. The smallest absolute Gasteiger partial charge is 0.312 e. The molecule has 4 fully saturated rings. The molecule has 0 aromatic rings. The van der Waals surface area contributed by atoms with Gasteiger partial charge in [0.05, 0.1) is 5.41 Å². The summed E-state index contributed by atoms with van der Waals surface area (Å²) in [5.41, 5.74) is -0.722. The highest BCUT2D eigenvalue weighted by atomic mass is 16.4. The van der Waals surface area contributed by atoms with Crippen molar-refractivity contribution in [2.24, 2.45) is 28.6 Å². The summed E-state index contributed by atoms with van der Waals surface area (Å²) in [6.07, 6.45) is 2.42. The first-order valence-electron chi connectivity index (χ1n) is 7.86. The normalized spacial score (nSPS) is 39.7. The fourth-order valence-electron chi connectivity index (χ4n) is 5.41. The van der Waals surface area contributed by atoms with Gasteiger partial charge in [0.1, 0.15) is 0 Å². The lowest BCUT2D eigenvalue weighted by atomic mass is 9.87. The van der Waals surface area contributed by atoms with E-state index in [-0.39, 0.29) is 17.4 Å². The number of nitrogens with zero attached hydrogens (tertiary/aromatic N) is 1. The van der Waals surface area contributed by atoms with Crippen molar-refractivity contribution in [1.82, 2.24) is 10.2 Å². The molecular weight excluding hydrogens is 268 g/mol. The molecule has 5 nitrogen and oxygen atoms in total. The van der Waals surface area contributed by atoms with Crippen LogP contribution in [0.25, 0.3) is 0 Å². The molecule has 5 heteroatoms. The first kappa shape index (κ1) is 14.8. The van der Waals surface area contributed by atoms with Crippen molar-refractivity contribution in [2.45, 2.75) is 39.2 Å². The molecule has 118 valence electrons. The van der Waals surface area contributed by atoms with E-state index in [4.69, 9.17) is 0 Å². The summed E-state index contributed by atoms with van der Waals surface area (Å²) < 4.78 is 0. The zero-order valence-electron chi connectivity index (χ0n) is 13.3. The Kier molecular flexibility index (Phi) is 3.14. The summed E-state index contributed by atoms with van der Waals surface area (Å²) in [6.45, 7) is 4.99. The van der Waals surface area contributed by atoms with Crippen LogP contribution in [0.5, 0.6) is 0 Å². The first-order valence-corrected chi connectivity index (χ1v) is 7.86. The predicted octanol–water partition coefficient (Wildman–Crippen LogP) is 1.19. The Bertz CT molecular complexity index is 474. The Labute approximate surface area is 126 Å². The zero-order chi connectivity index (χ0) is 15.6. The Morgan fingerprint density at radius 1 is 1.29 bits per heavy atom. The standard InChI is InChI=1S/C16H26N2O3/c1-15(2,8-18(3)4)7-12(19)17-13-9-5-10-11(6-9)16(10,13)14(20)21/h9-11,13H,5-8H2,1-4H3,(H,17,19)(H,20,21). The van der Waals surface area contributed by atoms with Gasteiger partial charge in [-0.25, -0.2) is 0 Å². The van der Waals surface area contributed by atoms with E-state index in [0.717, 1.165) is 19.4 Å². The second-order valence-corrected chi connectivity index (χ2v) is 8.31. The number of hydrogen-bond acceptors (Lipinski definition) is 3. The van der Waals surface area contributed by atoms with Gasteiger partial charge in [-0.3, -0.25) is 9.59 Å². The topological polar surface area (TPSA) is 69.6 Å². The molecule has 0 spiro atoms. The monoisotopic (exact) mass is 294 g/mol. The second kappa shape index (κ2) is 4.45. The second-order valence-electron chi connectivity index (χ2n) is 8.31. The van der Waals surface area contributed by atoms with Crippen LogP contribution in [0, 0.1) is 28.6 Å². The van der Waals surface area contributed by atoms with Crippen LogP contribution >= 0.6 is 0 Å². The van der Waals surface area contributed by atoms with Gasteiger partial charge in [0, 0.05) is 19.0 Å². The number of rotatable bonds is 6. The van der Waals surface area contributed by atoms with Gasteiger partial charge in [-0.2, -0.15) is 0 Å². The fourth-order valence-corrected chi connectivity index (χ4v) is 5.41. The van der Waals surface area contributed by atoms with Crippen LogP contribution in [-0.2, 0) is 9.59 Å². The maximum absolute atomic E-state index is 12.4. The maximum Gasteiger partial charge on any atom is 0.312 e. The van der Waals surface area contributed by atoms with E-state index >= 15 is 0 Å². The van der Waals surface area contributed by atoms with Crippen molar-refractivity contribution in [3.05, 3.63) is 0 Å². The minimum Gasteiger partial charge on any atom is -0.481 e. The minimum absolute atomic E-state index is 0.00525. The summed E-state index contributed by atoms with van der Waals surface area (Å²) >= 11 is 0. The third-order valence-electron chi connectivity index (χ3n) is 5.77. The van der Waals surface area contributed by atoms with Gasteiger partial charge in [-0.1, -0.05) is 13.8 Å². The zero-order valence-corrected chi connectivity index (χ0v) is 13.3. The van der Waals surface area contributed by atoms with Gasteiger partial charge in [0.25, 0.3) is 0 Å². The lowest BCUT2D eigenvalue weighted by Gasteiger charge is -2.29. The van der Waals surface area contributed by atoms with Crippen molar-refractivity contribution in [2.75, 3.05) is 20.6 Å². The van der Waals surface area contributed by atoms with Crippen molar-refractivity contribution >= 4 is 11.9 Å².